The van der Waals surface area contributed by atoms with Gasteiger partial charge in [0, 0.05) is 17.6 Å². The van der Waals surface area contributed by atoms with Crippen LogP contribution in [0.2, 0.25) is 0 Å². The number of aryl methyl sites for hydroxylation is 1. The summed E-state index contributed by atoms with van der Waals surface area (Å²) in [6.07, 6.45) is 1.59. The number of hydrogen-bond acceptors (Lipinski definition) is 1. The number of halogens is 1. The van der Waals surface area contributed by atoms with E-state index in [0.29, 0.717) is 6.42 Å². The van der Waals surface area contributed by atoms with Gasteiger partial charge in [-0.25, -0.2) is 0 Å². The minimum atomic E-state index is 0.225. The largest absolute Gasteiger partial charge is 0.312 e. The SMILES string of the molecule is CCN1C(=O)Cc2cc(CCBr)ccc21. The van der Waals surface area contributed by atoms with Gasteiger partial charge in [0.05, 0.1) is 6.42 Å². The molecule has 1 aliphatic heterocycles. The van der Waals surface area contributed by atoms with Gasteiger partial charge in [0.25, 0.3) is 0 Å². The molecule has 0 saturated heterocycles. The molecule has 2 rings (SSSR count). The smallest absolute Gasteiger partial charge is 0.231 e. The topological polar surface area (TPSA) is 20.3 Å². The number of nitrogens with zero attached hydrogens (tertiary/aromatic N) is 1. The van der Waals surface area contributed by atoms with E-state index < -0.39 is 0 Å². The number of carbonyl (C=O) groups is 1. The molecule has 1 aliphatic rings. The highest BCUT2D eigenvalue weighted by atomic mass is 79.9. The lowest BCUT2D eigenvalue weighted by Crippen LogP contribution is -2.25. The van der Waals surface area contributed by atoms with Crippen molar-refractivity contribution in [1.29, 1.82) is 0 Å². The van der Waals surface area contributed by atoms with E-state index in [1.165, 1.54) is 11.1 Å². The molecule has 2 nitrogen and oxygen atoms in total. The summed E-state index contributed by atoms with van der Waals surface area (Å²) in [5.74, 6) is 0.225. The average Bonchev–Trinajstić information content (AvgIpc) is 2.53. The van der Waals surface area contributed by atoms with Crippen LogP contribution in [0.3, 0.4) is 0 Å². The molecule has 0 N–H and O–H groups in total. The van der Waals surface area contributed by atoms with Crippen LogP contribution in [-0.2, 0) is 17.6 Å². The molecule has 1 aromatic carbocycles. The van der Waals surface area contributed by atoms with Gasteiger partial charge < -0.3 is 4.90 Å². The predicted octanol–water partition coefficient (Wildman–Crippen LogP) is 2.53. The van der Waals surface area contributed by atoms with Crippen molar-refractivity contribution in [3.63, 3.8) is 0 Å². The first-order valence-corrected chi connectivity index (χ1v) is 6.36. The number of alkyl halides is 1. The lowest BCUT2D eigenvalue weighted by atomic mass is 10.1. The van der Waals surface area contributed by atoms with Crippen molar-refractivity contribution >= 4 is 27.5 Å². The molecule has 3 heteroatoms. The Hall–Kier alpha value is -0.830. The molecule has 0 unspecified atom stereocenters. The summed E-state index contributed by atoms with van der Waals surface area (Å²) in [4.78, 5) is 13.5. The Labute approximate surface area is 98.4 Å². The highest BCUT2D eigenvalue weighted by Gasteiger charge is 2.25. The average molecular weight is 268 g/mol. The second-order valence-electron chi connectivity index (χ2n) is 3.72. The Kier molecular flexibility index (Phi) is 3.10. The number of benzene rings is 1. The Morgan fingerprint density at radius 2 is 2.27 bits per heavy atom. The highest BCUT2D eigenvalue weighted by Crippen LogP contribution is 2.29. The van der Waals surface area contributed by atoms with Crippen molar-refractivity contribution in [1.82, 2.24) is 0 Å². The highest BCUT2D eigenvalue weighted by molar-refractivity contribution is 9.09. The lowest BCUT2D eigenvalue weighted by molar-refractivity contribution is -0.117. The monoisotopic (exact) mass is 267 g/mol. The summed E-state index contributed by atoms with van der Waals surface area (Å²) in [7, 11) is 0. The molecule has 0 aromatic heterocycles. The minimum Gasteiger partial charge on any atom is -0.312 e. The fraction of sp³-hybridized carbons (Fsp3) is 0.417. The van der Waals surface area contributed by atoms with Gasteiger partial charge in [-0.15, -0.1) is 0 Å². The molecule has 0 saturated carbocycles. The molecule has 15 heavy (non-hydrogen) atoms. The van der Waals surface area contributed by atoms with Gasteiger partial charge in [-0.05, 0) is 30.5 Å². The van der Waals surface area contributed by atoms with Crippen molar-refractivity contribution in [2.24, 2.45) is 0 Å². The molecule has 80 valence electrons. The maximum atomic E-state index is 11.6. The maximum absolute atomic E-state index is 11.6. The number of rotatable bonds is 3. The van der Waals surface area contributed by atoms with Crippen LogP contribution >= 0.6 is 15.9 Å². The van der Waals surface area contributed by atoms with Gasteiger partial charge in [0.2, 0.25) is 5.91 Å². The number of hydrogen-bond donors (Lipinski definition) is 0. The van der Waals surface area contributed by atoms with Gasteiger partial charge in [-0.3, -0.25) is 4.79 Å². The molecule has 0 radical (unpaired) electrons. The molecule has 0 aliphatic carbocycles. The fourth-order valence-electron chi connectivity index (χ4n) is 2.05. The summed E-state index contributed by atoms with van der Waals surface area (Å²) in [5.41, 5.74) is 3.58. The Bertz CT molecular complexity index is 389. The lowest BCUT2D eigenvalue weighted by Gasteiger charge is -2.14. The summed E-state index contributed by atoms with van der Waals surface area (Å²) in [6, 6.07) is 6.34. The number of amides is 1. The van der Waals surface area contributed by atoms with Crippen molar-refractivity contribution in [2.75, 3.05) is 16.8 Å². The van der Waals surface area contributed by atoms with E-state index in [9.17, 15) is 4.79 Å². The first-order chi connectivity index (χ1) is 7.26. The van der Waals surface area contributed by atoms with Gasteiger partial charge in [-0.2, -0.15) is 0 Å². The van der Waals surface area contributed by atoms with Crippen LogP contribution in [0.5, 0.6) is 0 Å². The summed E-state index contributed by atoms with van der Waals surface area (Å²) >= 11 is 3.43. The molecule has 0 bridgehead atoms. The molecular formula is C12H14BrNO. The van der Waals surface area contributed by atoms with Gasteiger partial charge in [0.1, 0.15) is 0 Å². The third-order valence-electron chi connectivity index (χ3n) is 2.78. The van der Waals surface area contributed by atoms with E-state index in [0.717, 1.165) is 24.0 Å². The van der Waals surface area contributed by atoms with Crippen LogP contribution in [-0.4, -0.2) is 17.8 Å². The number of anilines is 1. The van der Waals surface area contributed by atoms with Crippen LogP contribution in [0, 0.1) is 0 Å². The van der Waals surface area contributed by atoms with Crippen LogP contribution < -0.4 is 4.90 Å². The number of fused-ring (bicyclic) bond motifs is 1. The number of carbonyl (C=O) groups excluding carboxylic acids is 1. The van der Waals surface area contributed by atoms with Crippen LogP contribution in [0.4, 0.5) is 5.69 Å². The second kappa shape index (κ2) is 4.35. The van der Waals surface area contributed by atoms with Crippen molar-refractivity contribution in [2.45, 2.75) is 19.8 Å². The Morgan fingerprint density at radius 3 is 2.93 bits per heavy atom. The summed E-state index contributed by atoms with van der Waals surface area (Å²) in [6.45, 7) is 2.78. The third-order valence-corrected chi connectivity index (χ3v) is 3.17. The zero-order valence-corrected chi connectivity index (χ0v) is 10.4. The molecule has 1 heterocycles. The Balaban J connectivity index is 2.33. The maximum Gasteiger partial charge on any atom is 0.231 e. The first kappa shape index (κ1) is 10.7. The van der Waals surface area contributed by atoms with E-state index in [2.05, 4.69) is 34.1 Å². The van der Waals surface area contributed by atoms with Gasteiger partial charge in [-0.1, -0.05) is 28.1 Å². The predicted molar refractivity (Wildman–Crippen MR) is 65.7 cm³/mol. The van der Waals surface area contributed by atoms with Crippen molar-refractivity contribution < 1.29 is 4.79 Å². The van der Waals surface area contributed by atoms with E-state index >= 15 is 0 Å². The third kappa shape index (κ3) is 1.93. The summed E-state index contributed by atoms with van der Waals surface area (Å²) < 4.78 is 0. The van der Waals surface area contributed by atoms with Crippen LogP contribution in [0.25, 0.3) is 0 Å². The van der Waals surface area contributed by atoms with E-state index in [-0.39, 0.29) is 5.91 Å². The molecule has 0 spiro atoms. The van der Waals surface area contributed by atoms with E-state index in [1.54, 1.807) is 0 Å². The number of likely N-dealkylation sites (N-methyl/N-ethyl adjacent to an activating group) is 1. The van der Waals surface area contributed by atoms with Gasteiger partial charge >= 0.3 is 0 Å². The quantitative estimate of drug-likeness (QED) is 0.771. The normalized spacial score (nSPS) is 14.5. The molecule has 1 amide bonds. The zero-order valence-electron chi connectivity index (χ0n) is 8.79. The minimum absolute atomic E-state index is 0.225. The van der Waals surface area contributed by atoms with Gasteiger partial charge in [0.15, 0.2) is 0 Å². The molecule has 1 aromatic rings. The molecule has 0 atom stereocenters. The first-order valence-electron chi connectivity index (χ1n) is 5.24. The van der Waals surface area contributed by atoms with E-state index in [4.69, 9.17) is 0 Å². The van der Waals surface area contributed by atoms with Crippen LogP contribution in [0.1, 0.15) is 18.1 Å². The van der Waals surface area contributed by atoms with Crippen molar-refractivity contribution in [3.05, 3.63) is 29.3 Å². The standard InChI is InChI=1S/C12H14BrNO/c1-2-14-11-4-3-9(5-6-13)7-10(11)8-12(14)15/h3-4,7H,2,5-6,8H2,1H3. The fourth-order valence-corrected chi connectivity index (χ4v) is 2.51. The van der Waals surface area contributed by atoms with Crippen molar-refractivity contribution in [3.8, 4) is 0 Å². The molecule has 0 fully saturated rings. The zero-order chi connectivity index (χ0) is 10.8. The van der Waals surface area contributed by atoms with Crippen LogP contribution in [0.15, 0.2) is 18.2 Å². The Morgan fingerprint density at radius 1 is 1.47 bits per heavy atom. The second-order valence-corrected chi connectivity index (χ2v) is 4.51. The summed E-state index contributed by atoms with van der Waals surface area (Å²) in [5, 5.41) is 0.969. The molecular weight excluding hydrogens is 254 g/mol. The van der Waals surface area contributed by atoms with E-state index in [1.807, 2.05) is 11.8 Å².